The van der Waals surface area contributed by atoms with E-state index in [1.807, 2.05) is 18.5 Å². The fourth-order valence-electron chi connectivity index (χ4n) is 2.49. The molecule has 1 aromatic heterocycles. The second-order valence-electron chi connectivity index (χ2n) is 5.31. The molecule has 3 nitrogen and oxygen atoms in total. The first kappa shape index (κ1) is 14.7. The zero-order chi connectivity index (χ0) is 14.4. The van der Waals surface area contributed by atoms with Gasteiger partial charge in [-0.15, -0.1) is 0 Å². The molecule has 106 valence electrons. The summed E-state index contributed by atoms with van der Waals surface area (Å²) >= 11 is 0. The molecule has 2 rings (SSSR count). The first-order valence-corrected chi connectivity index (χ1v) is 7.26. The molecule has 1 aromatic carbocycles. The Labute approximate surface area is 121 Å². The van der Waals surface area contributed by atoms with Crippen molar-refractivity contribution in [1.29, 1.82) is 0 Å². The third-order valence-corrected chi connectivity index (χ3v) is 3.26. The van der Waals surface area contributed by atoms with Crippen molar-refractivity contribution in [2.45, 2.75) is 39.7 Å². The van der Waals surface area contributed by atoms with Gasteiger partial charge in [-0.1, -0.05) is 36.2 Å². The maximum Gasteiger partial charge on any atom is 0.145 e. The van der Waals surface area contributed by atoms with Crippen molar-refractivity contribution in [3.05, 3.63) is 59.2 Å². The first-order valence-electron chi connectivity index (χ1n) is 7.26. The predicted octanol–water partition coefficient (Wildman–Crippen LogP) is 3.38. The molecule has 0 radical (unpaired) electrons. The Balaban J connectivity index is 2.19. The molecule has 20 heavy (non-hydrogen) atoms. The van der Waals surface area contributed by atoms with Gasteiger partial charge >= 0.3 is 0 Å². The standard InChI is InChI=1S/C17H23N3/c1-4-6-18-16(17-19-7-5-8-20-17)12-15-10-13(2)9-14(3)11-15/h5,7-11,16,18H,4,6,12H2,1-3H3. The van der Waals surface area contributed by atoms with Gasteiger partial charge in [0.2, 0.25) is 0 Å². The number of aryl methyl sites for hydroxylation is 2. The van der Waals surface area contributed by atoms with Crippen LogP contribution < -0.4 is 5.32 Å². The van der Waals surface area contributed by atoms with Crippen LogP contribution in [0.15, 0.2) is 36.7 Å². The van der Waals surface area contributed by atoms with Gasteiger partial charge in [0.1, 0.15) is 5.82 Å². The summed E-state index contributed by atoms with van der Waals surface area (Å²) in [6.45, 7) is 7.44. The van der Waals surface area contributed by atoms with Crippen LogP contribution in [0.1, 0.15) is 41.9 Å². The molecule has 0 saturated heterocycles. The number of hydrogen-bond donors (Lipinski definition) is 1. The van der Waals surface area contributed by atoms with Gasteiger partial charge in [-0.25, -0.2) is 9.97 Å². The number of aromatic nitrogens is 2. The molecule has 2 aromatic rings. The number of nitrogens with one attached hydrogen (secondary N) is 1. The minimum Gasteiger partial charge on any atom is -0.307 e. The van der Waals surface area contributed by atoms with E-state index in [1.165, 1.54) is 16.7 Å². The lowest BCUT2D eigenvalue weighted by atomic mass is 10.0. The van der Waals surface area contributed by atoms with E-state index in [1.54, 1.807) is 0 Å². The molecule has 1 atom stereocenters. The predicted molar refractivity (Wildman–Crippen MR) is 82.7 cm³/mol. The van der Waals surface area contributed by atoms with Gasteiger partial charge in [-0.3, -0.25) is 0 Å². The maximum atomic E-state index is 4.40. The van der Waals surface area contributed by atoms with Crippen LogP contribution in [-0.2, 0) is 6.42 Å². The van der Waals surface area contributed by atoms with Gasteiger partial charge in [-0.2, -0.15) is 0 Å². The Kier molecular flexibility index (Phi) is 5.24. The summed E-state index contributed by atoms with van der Waals surface area (Å²) in [5.74, 6) is 0.875. The van der Waals surface area contributed by atoms with E-state index in [0.29, 0.717) is 0 Å². The second kappa shape index (κ2) is 7.15. The Hall–Kier alpha value is -1.74. The van der Waals surface area contributed by atoms with E-state index in [9.17, 15) is 0 Å². The minimum absolute atomic E-state index is 0.178. The van der Waals surface area contributed by atoms with E-state index in [0.717, 1.165) is 25.2 Å². The van der Waals surface area contributed by atoms with Crippen molar-refractivity contribution in [2.24, 2.45) is 0 Å². The summed E-state index contributed by atoms with van der Waals surface area (Å²) in [6.07, 6.45) is 5.65. The Morgan fingerprint density at radius 3 is 2.30 bits per heavy atom. The molecular weight excluding hydrogens is 246 g/mol. The molecule has 3 heteroatoms. The van der Waals surface area contributed by atoms with Crippen molar-refractivity contribution >= 4 is 0 Å². The lowest BCUT2D eigenvalue weighted by molar-refractivity contribution is 0.504. The fraction of sp³-hybridized carbons (Fsp3) is 0.412. The average molecular weight is 269 g/mol. The van der Waals surface area contributed by atoms with E-state index in [-0.39, 0.29) is 6.04 Å². The number of rotatable bonds is 6. The summed E-state index contributed by atoms with van der Waals surface area (Å²) in [6, 6.07) is 8.73. The zero-order valence-corrected chi connectivity index (χ0v) is 12.6. The molecule has 0 aliphatic heterocycles. The molecule has 0 bridgehead atoms. The average Bonchev–Trinajstić information content (AvgIpc) is 2.43. The monoisotopic (exact) mass is 269 g/mol. The Morgan fingerprint density at radius 1 is 1.05 bits per heavy atom. The van der Waals surface area contributed by atoms with Gasteiger partial charge < -0.3 is 5.32 Å². The molecule has 0 spiro atoms. The normalized spacial score (nSPS) is 12.3. The molecule has 1 N–H and O–H groups in total. The van der Waals surface area contributed by atoms with E-state index >= 15 is 0 Å². The van der Waals surface area contributed by atoms with Crippen molar-refractivity contribution in [3.8, 4) is 0 Å². The van der Waals surface area contributed by atoms with E-state index in [4.69, 9.17) is 0 Å². The van der Waals surface area contributed by atoms with Crippen LogP contribution in [0.3, 0.4) is 0 Å². The Bertz CT molecular complexity index is 517. The zero-order valence-electron chi connectivity index (χ0n) is 12.6. The maximum absolute atomic E-state index is 4.40. The number of hydrogen-bond acceptors (Lipinski definition) is 3. The van der Waals surface area contributed by atoms with E-state index in [2.05, 4.69) is 54.3 Å². The molecular formula is C17H23N3. The first-order chi connectivity index (χ1) is 9.69. The quantitative estimate of drug-likeness (QED) is 0.873. The number of nitrogens with zero attached hydrogens (tertiary/aromatic N) is 2. The lowest BCUT2D eigenvalue weighted by Crippen LogP contribution is -2.25. The van der Waals surface area contributed by atoms with Crippen molar-refractivity contribution < 1.29 is 0 Å². The van der Waals surface area contributed by atoms with Gasteiger partial charge in [0.15, 0.2) is 0 Å². The van der Waals surface area contributed by atoms with Crippen LogP contribution in [0.4, 0.5) is 0 Å². The van der Waals surface area contributed by atoms with Gasteiger partial charge in [0, 0.05) is 12.4 Å². The SMILES string of the molecule is CCCNC(Cc1cc(C)cc(C)c1)c1ncccn1. The highest BCUT2D eigenvalue weighted by Gasteiger charge is 2.14. The molecule has 0 aliphatic rings. The summed E-state index contributed by atoms with van der Waals surface area (Å²) in [4.78, 5) is 8.80. The summed E-state index contributed by atoms with van der Waals surface area (Å²) < 4.78 is 0. The molecule has 0 aliphatic carbocycles. The second-order valence-corrected chi connectivity index (χ2v) is 5.31. The van der Waals surface area contributed by atoms with Gasteiger partial charge in [0.25, 0.3) is 0 Å². The minimum atomic E-state index is 0.178. The van der Waals surface area contributed by atoms with Crippen molar-refractivity contribution in [2.75, 3.05) is 6.54 Å². The van der Waals surface area contributed by atoms with Crippen molar-refractivity contribution in [1.82, 2.24) is 15.3 Å². The van der Waals surface area contributed by atoms with Crippen LogP contribution in [0, 0.1) is 13.8 Å². The summed E-state index contributed by atoms with van der Waals surface area (Å²) in [7, 11) is 0. The molecule has 1 heterocycles. The van der Waals surface area contributed by atoms with Crippen LogP contribution in [0.5, 0.6) is 0 Å². The third kappa shape index (κ3) is 4.14. The lowest BCUT2D eigenvalue weighted by Gasteiger charge is -2.17. The molecule has 1 unspecified atom stereocenters. The van der Waals surface area contributed by atoms with Gasteiger partial charge in [-0.05, 0) is 44.9 Å². The highest BCUT2D eigenvalue weighted by Crippen LogP contribution is 2.17. The van der Waals surface area contributed by atoms with Crippen LogP contribution in [-0.4, -0.2) is 16.5 Å². The van der Waals surface area contributed by atoms with E-state index < -0.39 is 0 Å². The van der Waals surface area contributed by atoms with Crippen LogP contribution in [0.25, 0.3) is 0 Å². The molecule has 0 amide bonds. The van der Waals surface area contributed by atoms with Crippen LogP contribution in [0.2, 0.25) is 0 Å². The summed E-state index contributed by atoms with van der Waals surface area (Å²) in [5.41, 5.74) is 3.95. The Morgan fingerprint density at radius 2 is 1.70 bits per heavy atom. The van der Waals surface area contributed by atoms with Gasteiger partial charge in [0.05, 0.1) is 6.04 Å². The topological polar surface area (TPSA) is 37.8 Å². The number of benzene rings is 1. The largest absolute Gasteiger partial charge is 0.307 e. The van der Waals surface area contributed by atoms with Crippen LogP contribution >= 0.6 is 0 Å². The summed E-state index contributed by atoms with van der Waals surface area (Å²) in [5, 5.41) is 3.55. The highest BCUT2D eigenvalue weighted by molar-refractivity contribution is 5.29. The third-order valence-electron chi connectivity index (χ3n) is 3.26. The fourth-order valence-corrected chi connectivity index (χ4v) is 2.49. The smallest absolute Gasteiger partial charge is 0.145 e. The molecule has 0 fully saturated rings. The molecule has 0 saturated carbocycles. The highest BCUT2D eigenvalue weighted by atomic mass is 15.0. The van der Waals surface area contributed by atoms with Crippen molar-refractivity contribution in [3.63, 3.8) is 0 Å².